The van der Waals surface area contributed by atoms with Gasteiger partial charge >= 0.3 is 0 Å². The normalized spacial score (nSPS) is 19.9. The Labute approximate surface area is 146 Å². The van der Waals surface area contributed by atoms with E-state index in [2.05, 4.69) is 4.98 Å². The maximum atomic E-state index is 13.1. The van der Waals surface area contributed by atoms with Crippen molar-refractivity contribution >= 4 is 5.91 Å². The predicted molar refractivity (Wildman–Crippen MR) is 90.6 cm³/mol. The van der Waals surface area contributed by atoms with E-state index in [9.17, 15) is 14.3 Å². The van der Waals surface area contributed by atoms with Crippen LogP contribution in [0.1, 0.15) is 24.6 Å². The van der Waals surface area contributed by atoms with Gasteiger partial charge in [0.25, 0.3) is 0 Å². The number of carbonyl (C=O) groups excluding carboxylic acids is 1. The monoisotopic (exact) mass is 344 g/mol. The molecule has 1 atom stereocenters. The summed E-state index contributed by atoms with van der Waals surface area (Å²) in [4.78, 5) is 18.5. The maximum absolute atomic E-state index is 13.1. The van der Waals surface area contributed by atoms with Crippen LogP contribution >= 0.6 is 0 Å². The van der Waals surface area contributed by atoms with Gasteiger partial charge in [-0.3, -0.25) is 4.79 Å². The van der Waals surface area contributed by atoms with Crippen molar-refractivity contribution in [3.8, 4) is 5.88 Å². The van der Waals surface area contributed by atoms with Gasteiger partial charge in [0.05, 0.1) is 25.3 Å². The lowest BCUT2D eigenvalue weighted by atomic mass is 9.93. The Morgan fingerprint density at radius 1 is 1.32 bits per heavy atom. The number of rotatable bonds is 5. The van der Waals surface area contributed by atoms with E-state index < -0.39 is 5.60 Å². The summed E-state index contributed by atoms with van der Waals surface area (Å²) in [6.07, 6.45) is 0.581. The molecule has 1 N–H and O–H groups in total. The fraction of sp³-hybridized carbons (Fsp3) is 0.368. The predicted octanol–water partition coefficient (Wildman–Crippen LogP) is 2.28. The summed E-state index contributed by atoms with van der Waals surface area (Å²) in [7, 11) is 0. The van der Waals surface area contributed by atoms with E-state index in [1.165, 1.54) is 12.1 Å². The number of aromatic nitrogens is 1. The van der Waals surface area contributed by atoms with Gasteiger partial charge in [-0.25, -0.2) is 9.37 Å². The highest BCUT2D eigenvalue weighted by molar-refractivity contribution is 5.78. The topological polar surface area (TPSA) is 62.7 Å². The number of likely N-dealkylation sites (tertiary alicyclic amines) is 1. The zero-order valence-corrected chi connectivity index (χ0v) is 14.1. The number of aliphatic hydroxyl groups is 1. The van der Waals surface area contributed by atoms with E-state index in [1.54, 1.807) is 35.2 Å². The van der Waals surface area contributed by atoms with Crippen molar-refractivity contribution < 1.29 is 19.0 Å². The summed E-state index contributed by atoms with van der Waals surface area (Å²) in [6.45, 7) is 3.04. The van der Waals surface area contributed by atoms with Gasteiger partial charge in [-0.1, -0.05) is 18.2 Å². The molecule has 1 aliphatic heterocycles. The molecule has 1 saturated heterocycles. The fourth-order valence-electron chi connectivity index (χ4n) is 3.05. The molecule has 1 aliphatic rings. The van der Waals surface area contributed by atoms with Crippen molar-refractivity contribution in [2.24, 2.45) is 0 Å². The summed E-state index contributed by atoms with van der Waals surface area (Å²) in [5.74, 6) is 0.0507. The van der Waals surface area contributed by atoms with Crippen molar-refractivity contribution in [2.45, 2.75) is 25.4 Å². The minimum Gasteiger partial charge on any atom is -0.478 e. The minimum absolute atomic E-state index is 0.0980. The lowest BCUT2D eigenvalue weighted by Crippen LogP contribution is -2.35. The molecule has 2 heterocycles. The second-order valence-electron chi connectivity index (χ2n) is 6.18. The quantitative estimate of drug-likeness (QED) is 0.904. The highest BCUT2D eigenvalue weighted by atomic mass is 19.1. The molecule has 0 saturated carbocycles. The van der Waals surface area contributed by atoms with Crippen LogP contribution in [0.5, 0.6) is 5.88 Å². The van der Waals surface area contributed by atoms with E-state index in [0.717, 1.165) is 0 Å². The Morgan fingerprint density at radius 2 is 2.08 bits per heavy atom. The lowest BCUT2D eigenvalue weighted by Gasteiger charge is -2.24. The molecule has 1 aromatic heterocycles. The van der Waals surface area contributed by atoms with Gasteiger partial charge in [0, 0.05) is 12.6 Å². The van der Waals surface area contributed by atoms with E-state index in [1.807, 2.05) is 6.92 Å². The first-order valence-corrected chi connectivity index (χ1v) is 8.35. The molecular weight excluding hydrogens is 323 g/mol. The van der Waals surface area contributed by atoms with Crippen LogP contribution in [0, 0.1) is 5.82 Å². The van der Waals surface area contributed by atoms with Crippen molar-refractivity contribution in [1.82, 2.24) is 9.88 Å². The van der Waals surface area contributed by atoms with Crippen LogP contribution in [-0.2, 0) is 16.8 Å². The van der Waals surface area contributed by atoms with Crippen LogP contribution in [0.3, 0.4) is 0 Å². The number of β-amino-alcohol motifs (C(OH)–C–C–N with tert-alkyl or cyclic N) is 1. The van der Waals surface area contributed by atoms with Crippen molar-refractivity contribution in [3.63, 3.8) is 0 Å². The van der Waals surface area contributed by atoms with Gasteiger partial charge in [-0.2, -0.15) is 0 Å². The fourth-order valence-corrected chi connectivity index (χ4v) is 3.05. The number of ether oxygens (including phenoxy) is 1. The molecule has 2 aromatic rings. The number of halogens is 1. The highest BCUT2D eigenvalue weighted by Crippen LogP contribution is 2.32. The van der Waals surface area contributed by atoms with E-state index in [4.69, 9.17) is 4.74 Å². The first-order chi connectivity index (χ1) is 12.0. The zero-order chi connectivity index (χ0) is 17.9. The van der Waals surface area contributed by atoms with Gasteiger partial charge in [0.2, 0.25) is 11.8 Å². The summed E-state index contributed by atoms with van der Waals surface area (Å²) in [5, 5.41) is 10.8. The molecule has 6 heteroatoms. The molecule has 1 amide bonds. The van der Waals surface area contributed by atoms with Crippen LogP contribution < -0.4 is 4.74 Å². The van der Waals surface area contributed by atoms with Gasteiger partial charge < -0.3 is 14.7 Å². The lowest BCUT2D eigenvalue weighted by molar-refractivity contribution is -0.130. The van der Waals surface area contributed by atoms with Crippen LogP contribution in [0.4, 0.5) is 4.39 Å². The Kier molecular flexibility index (Phi) is 4.99. The molecule has 0 bridgehead atoms. The average Bonchev–Trinajstić information content (AvgIpc) is 3.00. The van der Waals surface area contributed by atoms with Crippen LogP contribution in [0.25, 0.3) is 0 Å². The van der Waals surface area contributed by atoms with Gasteiger partial charge in [-0.15, -0.1) is 0 Å². The van der Waals surface area contributed by atoms with Crippen LogP contribution in [0.2, 0.25) is 0 Å². The highest BCUT2D eigenvalue weighted by Gasteiger charge is 2.39. The van der Waals surface area contributed by atoms with Crippen molar-refractivity contribution in [3.05, 3.63) is 59.5 Å². The Bertz CT molecular complexity index is 751. The summed E-state index contributed by atoms with van der Waals surface area (Å²) >= 11 is 0. The average molecular weight is 344 g/mol. The first-order valence-electron chi connectivity index (χ1n) is 8.35. The minimum atomic E-state index is -1.13. The third kappa shape index (κ3) is 3.96. The summed E-state index contributed by atoms with van der Waals surface area (Å²) in [5.41, 5.74) is 0.123. The Morgan fingerprint density at radius 3 is 2.80 bits per heavy atom. The Hall–Kier alpha value is -2.47. The standard InChI is InChI=1S/C19H21FN2O3/c1-2-25-17-5-3-4-16(21-17)12-18(23)22-11-10-19(24,13-22)14-6-8-15(20)9-7-14/h3-9,24H,2,10-13H2,1H3. The number of carbonyl (C=O) groups is 1. The second-order valence-corrected chi connectivity index (χ2v) is 6.18. The summed E-state index contributed by atoms with van der Waals surface area (Å²) in [6, 6.07) is 11.1. The second kappa shape index (κ2) is 7.19. The maximum Gasteiger partial charge on any atom is 0.228 e. The van der Waals surface area contributed by atoms with Gasteiger partial charge in [0.1, 0.15) is 11.4 Å². The van der Waals surface area contributed by atoms with Crippen LogP contribution in [-0.4, -0.2) is 40.6 Å². The third-order valence-corrected chi connectivity index (χ3v) is 4.39. The number of hydrogen-bond donors (Lipinski definition) is 1. The molecule has 1 aromatic carbocycles. The molecule has 0 aliphatic carbocycles. The number of amides is 1. The molecule has 5 nitrogen and oxygen atoms in total. The van der Waals surface area contributed by atoms with E-state index >= 15 is 0 Å². The third-order valence-electron chi connectivity index (χ3n) is 4.39. The zero-order valence-electron chi connectivity index (χ0n) is 14.1. The summed E-state index contributed by atoms with van der Waals surface area (Å²) < 4.78 is 18.4. The largest absolute Gasteiger partial charge is 0.478 e. The van der Waals surface area contributed by atoms with Gasteiger partial charge in [0.15, 0.2) is 0 Å². The number of pyridine rings is 1. The molecule has 25 heavy (non-hydrogen) atoms. The smallest absolute Gasteiger partial charge is 0.228 e. The van der Waals surface area contributed by atoms with E-state index in [-0.39, 0.29) is 24.7 Å². The number of hydrogen-bond acceptors (Lipinski definition) is 4. The molecule has 0 radical (unpaired) electrons. The molecule has 1 fully saturated rings. The molecule has 0 spiro atoms. The number of nitrogens with zero attached hydrogens (tertiary/aromatic N) is 2. The molecule has 3 rings (SSSR count). The van der Waals surface area contributed by atoms with Gasteiger partial charge in [-0.05, 0) is 37.1 Å². The van der Waals surface area contributed by atoms with Crippen molar-refractivity contribution in [1.29, 1.82) is 0 Å². The SMILES string of the molecule is CCOc1cccc(CC(=O)N2CCC(O)(c3ccc(F)cc3)C2)n1. The van der Waals surface area contributed by atoms with E-state index in [0.29, 0.717) is 36.7 Å². The molecule has 132 valence electrons. The van der Waals surface area contributed by atoms with Crippen LogP contribution in [0.15, 0.2) is 42.5 Å². The van der Waals surface area contributed by atoms with Crippen molar-refractivity contribution in [2.75, 3.05) is 19.7 Å². The Balaban J connectivity index is 1.66. The first kappa shape index (κ1) is 17.4. The molecule has 1 unspecified atom stereocenters. The molecular formula is C19H21FN2O3. The number of benzene rings is 1.